The Morgan fingerprint density at radius 2 is 2.11 bits per heavy atom. The van der Waals surface area contributed by atoms with Crippen molar-refractivity contribution in [2.24, 2.45) is 11.1 Å². The van der Waals surface area contributed by atoms with Crippen LogP contribution in [0.2, 0.25) is 0 Å². The summed E-state index contributed by atoms with van der Waals surface area (Å²) in [5.41, 5.74) is 8.41. The number of hydrogen-bond donors (Lipinski definition) is 2. The fraction of sp³-hybridized carbons (Fsp3) is 0.643. The SMILES string of the molecule is COc1c(C)cnc(CC(C)(CN)C(C)O)c1C. The Labute approximate surface area is 109 Å². The molecule has 3 N–H and O–H groups in total. The summed E-state index contributed by atoms with van der Waals surface area (Å²) < 4.78 is 5.39. The van der Waals surface area contributed by atoms with E-state index < -0.39 is 6.10 Å². The van der Waals surface area contributed by atoms with Crippen LogP contribution in [0.3, 0.4) is 0 Å². The molecule has 0 aliphatic rings. The highest BCUT2D eigenvalue weighted by Gasteiger charge is 2.30. The quantitative estimate of drug-likeness (QED) is 0.835. The van der Waals surface area contributed by atoms with Gasteiger partial charge in [-0.25, -0.2) is 0 Å². The molecule has 1 aromatic heterocycles. The number of aromatic nitrogens is 1. The second-order valence-electron chi connectivity index (χ2n) is 5.26. The van der Waals surface area contributed by atoms with Crippen LogP contribution in [-0.2, 0) is 6.42 Å². The summed E-state index contributed by atoms with van der Waals surface area (Å²) in [7, 11) is 1.66. The molecule has 18 heavy (non-hydrogen) atoms. The summed E-state index contributed by atoms with van der Waals surface area (Å²) in [4.78, 5) is 4.46. The molecule has 0 spiro atoms. The molecule has 1 aromatic rings. The van der Waals surface area contributed by atoms with E-state index in [1.54, 1.807) is 20.2 Å². The number of hydrogen-bond acceptors (Lipinski definition) is 4. The molecule has 0 saturated carbocycles. The van der Waals surface area contributed by atoms with Gasteiger partial charge in [-0.15, -0.1) is 0 Å². The number of ether oxygens (including phenoxy) is 1. The third kappa shape index (κ3) is 2.82. The number of methoxy groups -OCH3 is 1. The number of aryl methyl sites for hydroxylation is 1. The Morgan fingerprint density at radius 1 is 1.50 bits per heavy atom. The topological polar surface area (TPSA) is 68.4 Å². The van der Waals surface area contributed by atoms with Gasteiger partial charge in [-0.2, -0.15) is 0 Å². The van der Waals surface area contributed by atoms with Crippen LogP contribution in [0, 0.1) is 19.3 Å². The smallest absolute Gasteiger partial charge is 0.128 e. The molecule has 102 valence electrons. The summed E-state index contributed by atoms with van der Waals surface area (Å²) >= 11 is 0. The van der Waals surface area contributed by atoms with Gasteiger partial charge in [0.05, 0.1) is 13.2 Å². The van der Waals surface area contributed by atoms with Crippen molar-refractivity contribution in [3.8, 4) is 5.75 Å². The number of pyridine rings is 1. The number of nitrogens with two attached hydrogens (primary N) is 1. The van der Waals surface area contributed by atoms with Crippen LogP contribution in [0.25, 0.3) is 0 Å². The van der Waals surface area contributed by atoms with E-state index >= 15 is 0 Å². The molecule has 0 fully saturated rings. The van der Waals surface area contributed by atoms with Crippen LogP contribution in [0.5, 0.6) is 5.75 Å². The third-order valence-corrected chi connectivity index (χ3v) is 3.80. The lowest BCUT2D eigenvalue weighted by atomic mass is 9.79. The normalized spacial score (nSPS) is 16.2. The standard InChI is InChI=1S/C14H24N2O2/c1-9-7-16-12(10(2)13(9)18-5)6-14(4,8-15)11(3)17/h7,11,17H,6,8,15H2,1-5H3. The molecule has 0 aromatic carbocycles. The molecular weight excluding hydrogens is 228 g/mol. The van der Waals surface area contributed by atoms with Gasteiger partial charge in [-0.05, 0) is 27.2 Å². The Hall–Kier alpha value is -1.13. The zero-order valence-corrected chi connectivity index (χ0v) is 11.9. The molecular formula is C14H24N2O2. The minimum Gasteiger partial charge on any atom is -0.496 e. The van der Waals surface area contributed by atoms with E-state index in [-0.39, 0.29) is 5.41 Å². The second kappa shape index (κ2) is 5.67. The zero-order chi connectivity index (χ0) is 13.9. The highest BCUT2D eigenvalue weighted by atomic mass is 16.5. The monoisotopic (exact) mass is 252 g/mol. The lowest BCUT2D eigenvalue weighted by molar-refractivity contribution is 0.0580. The third-order valence-electron chi connectivity index (χ3n) is 3.80. The van der Waals surface area contributed by atoms with Gasteiger partial charge in [0.15, 0.2) is 0 Å². The van der Waals surface area contributed by atoms with E-state index in [4.69, 9.17) is 10.5 Å². The van der Waals surface area contributed by atoms with Crippen LogP contribution >= 0.6 is 0 Å². The van der Waals surface area contributed by atoms with Crippen LogP contribution in [0.15, 0.2) is 6.20 Å². The van der Waals surface area contributed by atoms with Crippen molar-refractivity contribution in [2.45, 2.75) is 40.2 Å². The average molecular weight is 252 g/mol. The van der Waals surface area contributed by atoms with Gasteiger partial charge in [0.25, 0.3) is 0 Å². The molecule has 1 rings (SSSR count). The number of aliphatic hydroxyl groups is 1. The van der Waals surface area contributed by atoms with Crippen molar-refractivity contribution >= 4 is 0 Å². The highest BCUT2D eigenvalue weighted by Crippen LogP contribution is 2.30. The first-order chi connectivity index (χ1) is 8.35. The predicted octanol–water partition coefficient (Wildman–Crippen LogP) is 1.60. The van der Waals surface area contributed by atoms with Crippen molar-refractivity contribution < 1.29 is 9.84 Å². The molecule has 2 atom stereocenters. The van der Waals surface area contributed by atoms with E-state index in [1.165, 1.54) is 0 Å². The molecule has 0 saturated heterocycles. The molecule has 4 nitrogen and oxygen atoms in total. The second-order valence-corrected chi connectivity index (χ2v) is 5.26. The molecule has 1 heterocycles. The van der Waals surface area contributed by atoms with E-state index in [1.807, 2.05) is 20.8 Å². The van der Waals surface area contributed by atoms with Gasteiger partial charge in [-0.3, -0.25) is 4.98 Å². The summed E-state index contributed by atoms with van der Waals surface area (Å²) in [5.74, 6) is 0.866. The Bertz CT molecular complexity index is 419. The molecule has 0 amide bonds. The van der Waals surface area contributed by atoms with E-state index in [0.717, 1.165) is 22.6 Å². The Balaban J connectivity index is 3.12. The van der Waals surface area contributed by atoms with Crippen LogP contribution in [0.1, 0.15) is 30.7 Å². The van der Waals surface area contributed by atoms with Gasteiger partial charge < -0.3 is 15.6 Å². The van der Waals surface area contributed by atoms with Gasteiger partial charge in [0.2, 0.25) is 0 Å². The summed E-state index contributed by atoms with van der Waals surface area (Å²) in [5, 5.41) is 9.87. The van der Waals surface area contributed by atoms with E-state index in [2.05, 4.69) is 4.98 Å². The largest absolute Gasteiger partial charge is 0.496 e. The lowest BCUT2D eigenvalue weighted by Crippen LogP contribution is -2.39. The predicted molar refractivity (Wildman–Crippen MR) is 72.8 cm³/mol. The van der Waals surface area contributed by atoms with E-state index in [9.17, 15) is 5.11 Å². The maximum Gasteiger partial charge on any atom is 0.128 e. The zero-order valence-electron chi connectivity index (χ0n) is 11.9. The first-order valence-corrected chi connectivity index (χ1v) is 6.23. The van der Waals surface area contributed by atoms with Crippen molar-refractivity contribution in [3.05, 3.63) is 23.0 Å². The highest BCUT2D eigenvalue weighted by molar-refractivity contribution is 5.41. The van der Waals surface area contributed by atoms with Crippen LogP contribution in [-0.4, -0.2) is 29.8 Å². The maximum atomic E-state index is 9.87. The summed E-state index contributed by atoms with van der Waals surface area (Å²) in [6, 6.07) is 0. The molecule has 0 aliphatic carbocycles. The Morgan fingerprint density at radius 3 is 2.56 bits per heavy atom. The van der Waals surface area contributed by atoms with Crippen LogP contribution in [0.4, 0.5) is 0 Å². The molecule has 0 aliphatic heterocycles. The first kappa shape index (κ1) is 14.9. The lowest BCUT2D eigenvalue weighted by Gasteiger charge is -2.31. The van der Waals surface area contributed by atoms with Gasteiger partial charge in [0.1, 0.15) is 5.75 Å². The average Bonchev–Trinajstić information content (AvgIpc) is 2.33. The molecule has 0 bridgehead atoms. The summed E-state index contributed by atoms with van der Waals surface area (Å²) in [6.07, 6.45) is 1.97. The molecule has 0 radical (unpaired) electrons. The minimum absolute atomic E-state index is 0.363. The van der Waals surface area contributed by atoms with Gasteiger partial charge in [0, 0.05) is 35.0 Å². The fourth-order valence-electron chi connectivity index (χ4n) is 2.02. The fourth-order valence-corrected chi connectivity index (χ4v) is 2.02. The maximum absolute atomic E-state index is 9.87. The Kier molecular flexibility index (Phi) is 4.71. The van der Waals surface area contributed by atoms with Gasteiger partial charge in [-0.1, -0.05) is 6.92 Å². The van der Waals surface area contributed by atoms with Crippen molar-refractivity contribution in [1.29, 1.82) is 0 Å². The first-order valence-electron chi connectivity index (χ1n) is 6.23. The molecule has 2 unspecified atom stereocenters. The van der Waals surface area contributed by atoms with Crippen molar-refractivity contribution in [1.82, 2.24) is 4.98 Å². The van der Waals surface area contributed by atoms with Crippen LogP contribution < -0.4 is 10.5 Å². The summed E-state index contributed by atoms with van der Waals surface area (Å²) in [6.45, 7) is 8.13. The van der Waals surface area contributed by atoms with Crippen molar-refractivity contribution in [3.63, 3.8) is 0 Å². The number of nitrogens with zero attached hydrogens (tertiary/aromatic N) is 1. The minimum atomic E-state index is -0.476. The number of aliphatic hydroxyl groups excluding tert-OH is 1. The van der Waals surface area contributed by atoms with E-state index in [0.29, 0.717) is 13.0 Å². The number of rotatable bonds is 5. The van der Waals surface area contributed by atoms with Gasteiger partial charge >= 0.3 is 0 Å². The van der Waals surface area contributed by atoms with Crippen molar-refractivity contribution in [2.75, 3.05) is 13.7 Å². The molecule has 4 heteroatoms.